The lowest BCUT2D eigenvalue weighted by molar-refractivity contribution is -0.117. The van der Waals surface area contributed by atoms with Gasteiger partial charge in [-0.05, 0) is 89.6 Å². The highest BCUT2D eigenvalue weighted by Crippen LogP contribution is 2.38. The number of amides is 2. The van der Waals surface area contributed by atoms with Crippen LogP contribution < -0.4 is 10.6 Å². The molecular formula is C34H30Br2N2O4. The molecule has 4 aromatic rings. The van der Waals surface area contributed by atoms with Crippen LogP contribution >= 0.6 is 31.9 Å². The zero-order valence-electron chi connectivity index (χ0n) is 22.7. The van der Waals surface area contributed by atoms with E-state index in [9.17, 15) is 19.8 Å². The van der Waals surface area contributed by atoms with Crippen molar-refractivity contribution in [2.24, 2.45) is 0 Å². The van der Waals surface area contributed by atoms with Gasteiger partial charge in [0.25, 0.3) is 5.91 Å². The maximum Gasteiger partial charge on any atom is 0.256 e. The molecule has 0 bridgehead atoms. The molecule has 8 heteroatoms. The molecule has 1 unspecified atom stereocenters. The Morgan fingerprint density at radius 1 is 0.714 bits per heavy atom. The first-order valence-corrected chi connectivity index (χ1v) is 15.3. The number of hydrogen-bond acceptors (Lipinski definition) is 4. The Bertz CT molecular complexity index is 1630. The Hall–Kier alpha value is -3.56. The van der Waals surface area contributed by atoms with Crippen molar-refractivity contribution in [3.05, 3.63) is 127 Å². The van der Waals surface area contributed by atoms with Crippen molar-refractivity contribution in [2.75, 3.05) is 23.8 Å². The molecule has 0 fully saturated rings. The second kappa shape index (κ2) is 13.6. The highest BCUT2D eigenvalue weighted by atomic mass is 79.9. The molecule has 4 aromatic carbocycles. The molecule has 0 aromatic heterocycles. The van der Waals surface area contributed by atoms with E-state index < -0.39 is 0 Å². The largest absolute Gasteiger partial charge is 0.396 e. The molecule has 0 spiro atoms. The van der Waals surface area contributed by atoms with Crippen LogP contribution in [0.1, 0.15) is 39.3 Å². The predicted molar refractivity (Wildman–Crippen MR) is 174 cm³/mol. The number of anilines is 2. The standard InChI is InChI=1S/C17H16BrNO2.C17H14BrNO2/c2*18-13-6-4-11(5-7-13)10-14-16-12(8-9-20)2-1-3-15(16)19-17(14)21/h1-7,14,20H,8-10H2,(H,19,21);1-7,10,20H,8-9H2,(H,19,21). The lowest BCUT2D eigenvalue weighted by Crippen LogP contribution is -2.15. The third kappa shape index (κ3) is 6.73. The molecule has 0 aliphatic carbocycles. The first kappa shape index (κ1) is 29.9. The van der Waals surface area contributed by atoms with Crippen LogP contribution in [0.25, 0.3) is 11.6 Å². The number of halogens is 2. The Morgan fingerprint density at radius 2 is 1.31 bits per heavy atom. The predicted octanol–water partition coefficient (Wildman–Crippen LogP) is 6.74. The normalized spacial score (nSPS) is 15.9. The van der Waals surface area contributed by atoms with Crippen LogP contribution in [0.3, 0.4) is 0 Å². The van der Waals surface area contributed by atoms with Gasteiger partial charge in [0.05, 0.1) is 5.92 Å². The molecular weight excluding hydrogens is 660 g/mol. The number of carbonyl (C=O) groups excluding carboxylic acids is 2. The fourth-order valence-corrected chi connectivity index (χ4v) is 5.92. The van der Waals surface area contributed by atoms with Crippen LogP contribution in [0.2, 0.25) is 0 Å². The van der Waals surface area contributed by atoms with Crippen LogP contribution in [0.5, 0.6) is 0 Å². The van der Waals surface area contributed by atoms with E-state index in [0.29, 0.717) is 24.8 Å². The number of hydrogen-bond donors (Lipinski definition) is 4. The lowest BCUT2D eigenvalue weighted by atomic mass is 9.89. The van der Waals surface area contributed by atoms with Crippen LogP contribution in [0.4, 0.5) is 11.4 Å². The van der Waals surface area contributed by atoms with E-state index in [0.717, 1.165) is 53.7 Å². The monoisotopic (exact) mass is 688 g/mol. The maximum atomic E-state index is 12.3. The van der Waals surface area contributed by atoms with E-state index in [4.69, 9.17) is 0 Å². The molecule has 2 amide bonds. The molecule has 2 heterocycles. The number of rotatable bonds is 7. The van der Waals surface area contributed by atoms with Gasteiger partial charge in [0.15, 0.2) is 0 Å². The highest BCUT2D eigenvalue weighted by Gasteiger charge is 2.32. The average molecular weight is 690 g/mol. The van der Waals surface area contributed by atoms with Crippen molar-refractivity contribution < 1.29 is 19.8 Å². The van der Waals surface area contributed by atoms with Crippen LogP contribution in [0, 0.1) is 0 Å². The summed E-state index contributed by atoms with van der Waals surface area (Å²) in [6, 6.07) is 27.4. The average Bonchev–Trinajstić information content (AvgIpc) is 3.48. The van der Waals surface area contributed by atoms with Crippen LogP contribution in [0.15, 0.2) is 93.9 Å². The third-order valence-electron chi connectivity index (χ3n) is 7.33. The summed E-state index contributed by atoms with van der Waals surface area (Å²) in [5.41, 5.74) is 8.42. The Kier molecular flexibility index (Phi) is 9.69. The highest BCUT2D eigenvalue weighted by molar-refractivity contribution is 9.10. The number of carbonyl (C=O) groups is 2. The van der Waals surface area contributed by atoms with Crippen LogP contribution in [-0.2, 0) is 28.9 Å². The minimum absolute atomic E-state index is 0.0401. The van der Waals surface area contributed by atoms with Crippen molar-refractivity contribution in [1.82, 2.24) is 0 Å². The molecule has 2 aliphatic heterocycles. The van der Waals surface area contributed by atoms with Crippen LogP contribution in [-0.4, -0.2) is 35.2 Å². The lowest BCUT2D eigenvalue weighted by Gasteiger charge is -2.13. The van der Waals surface area contributed by atoms with Gasteiger partial charge in [0.2, 0.25) is 5.91 Å². The fraction of sp³-hybridized carbons (Fsp3) is 0.176. The summed E-state index contributed by atoms with van der Waals surface area (Å²) in [7, 11) is 0. The molecule has 214 valence electrons. The third-order valence-corrected chi connectivity index (χ3v) is 8.39. The number of nitrogens with one attached hydrogen (secondary N) is 2. The molecule has 4 N–H and O–H groups in total. The van der Waals surface area contributed by atoms with E-state index in [-0.39, 0.29) is 30.9 Å². The van der Waals surface area contributed by atoms with Crippen molar-refractivity contribution in [3.8, 4) is 0 Å². The second-order valence-corrected chi connectivity index (χ2v) is 11.9. The van der Waals surface area contributed by atoms with E-state index in [1.165, 1.54) is 0 Å². The van der Waals surface area contributed by atoms with E-state index >= 15 is 0 Å². The summed E-state index contributed by atoms with van der Waals surface area (Å²) < 4.78 is 2.03. The number of aliphatic hydroxyl groups excluding tert-OH is 2. The van der Waals surface area contributed by atoms with E-state index in [1.54, 1.807) is 0 Å². The molecule has 42 heavy (non-hydrogen) atoms. The zero-order chi connectivity index (χ0) is 29.6. The van der Waals surface area contributed by atoms with Gasteiger partial charge in [-0.1, -0.05) is 80.4 Å². The number of fused-ring (bicyclic) bond motifs is 2. The van der Waals surface area contributed by atoms with Gasteiger partial charge in [-0.15, -0.1) is 0 Å². The minimum atomic E-state index is -0.177. The van der Waals surface area contributed by atoms with E-state index in [2.05, 4.69) is 42.5 Å². The Balaban J connectivity index is 0.000000168. The maximum absolute atomic E-state index is 12.3. The summed E-state index contributed by atoms with van der Waals surface area (Å²) >= 11 is 6.82. The molecule has 0 saturated heterocycles. The van der Waals surface area contributed by atoms with Crippen molar-refractivity contribution >= 4 is 66.7 Å². The molecule has 6 nitrogen and oxygen atoms in total. The number of benzene rings is 4. The molecule has 6 rings (SSSR count). The molecule has 2 aliphatic rings. The molecule has 1 atom stereocenters. The van der Waals surface area contributed by atoms with Crippen molar-refractivity contribution in [1.29, 1.82) is 0 Å². The minimum Gasteiger partial charge on any atom is -0.396 e. The van der Waals surface area contributed by atoms with Gasteiger partial charge in [0.1, 0.15) is 0 Å². The summed E-state index contributed by atoms with van der Waals surface area (Å²) in [6.45, 7) is 0.159. The van der Waals surface area contributed by atoms with Gasteiger partial charge in [-0.3, -0.25) is 9.59 Å². The van der Waals surface area contributed by atoms with Gasteiger partial charge in [-0.2, -0.15) is 0 Å². The Morgan fingerprint density at radius 3 is 1.98 bits per heavy atom. The quantitative estimate of drug-likeness (QED) is 0.162. The summed E-state index contributed by atoms with van der Waals surface area (Å²) in [5.74, 6) is -0.236. The summed E-state index contributed by atoms with van der Waals surface area (Å²) in [4.78, 5) is 24.5. The Labute approximate surface area is 261 Å². The zero-order valence-corrected chi connectivity index (χ0v) is 25.9. The fourth-order valence-electron chi connectivity index (χ4n) is 5.39. The van der Waals surface area contributed by atoms with Gasteiger partial charge < -0.3 is 20.8 Å². The van der Waals surface area contributed by atoms with Crippen molar-refractivity contribution in [3.63, 3.8) is 0 Å². The number of aliphatic hydroxyl groups is 2. The first-order chi connectivity index (χ1) is 20.4. The smallest absolute Gasteiger partial charge is 0.256 e. The van der Waals surface area contributed by atoms with Gasteiger partial charge >= 0.3 is 0 Å². The molecule has 0 radical (unpaired) electrons. The van der Waals surface area contributed by atoms with E-state index in [1.807, 2.05) is 91.0 Å². The summed E-state index contributed by atoms with van der Waals surface area (Å²) in [5, 5.41) is 24.2. The second-order valence-electron chi connectivity index (χ2n) is 10.1. The van der Waals surface area contributed by atoms with Gasteiger partial charge in [0, 0.05) is 44.7 Å². The first-order valence-electron chi connectivity index (χ1n) is 13.7. The van der Waals surface area contributed by atoms with Gasteiger partial charge in [-0.25, -0.2) is 0 Å². The van der Waals surface area contributed by atoms with Crippen molar-refractivity contribution in [2.45, 2.75) is 25.2 Å². The SMILES string of the molecule is O=C1Nc2cccc(CCO)c2C1=Cc1ccc(Br)cc1.O=C1Nc2cccc(CCO)c2C1Cc1ccc(Br)cc1. The summed E-state index contributed by atoms with van der Waals surface area (Å²) in [6.07, 6.45) is 3.67. The topological polar surface area (TPSA) is 98.7 Å². The molecule has 0 saturated carbocycles.